The predicted molar refractivity (Wildman–Crippen MR) is 95.7 cm³/mol. The summed E-state index contributed by atoms with van der Waals surface area (Å²) in [7, 11) is 1.68. The number of aromatic nitrogens is 1. The number of anilines is 1. The van der Waals surface area contributed by atoms with Crippen LogP contribution in [0.4, 0.5) is 5.69 Å². The van der Waals surface area contributed by atoms with Crippen LogP contribution in [0.15, 0.2) is 60.2 Å². The van der Waals surface area contributed by atoms with Gasteiger partial charge in [0.2, 0.25) is 0 Å². The molecule has 5 nitrogen and oxygen atoms in total. The number of carboxylic acid groups (broad SMARTS) is 1. The van der Waals surface area contributed by atoms with E-state index in [0.29, 0.717) is 5.69 Å². The summed E-state index contributed by atoms with van der Waals surface area (Å²) in [6.07, 6.45) is 2.86. The Balaban J connectivity index is 0.000000185. The van der Waals surface area contributed by atoms with E-state index in [1.54, 1.807) is 36.6 Å². The van der Waals surface area contributed by atoms with E-state index in [1.807, 2.05) is 23.8 Å². The first kappa shape index (κ1) is 17.5. The summed E-state index contributed by atoms with van der Waals surface area (Å²) >= 11 is 1.69. The number of nitrogen functional groups attached to an aromatic ring is 1. The number of nitrogens with zero attached hydrogens (tertiary/aromatic N) is 1. The minimum Gasteiger partial charge on any atom is -0.497 e. The average Bonchev–Trinajstić information content (AvgIpc) is 3.09. The molecule has 0 radical (unpaired) electrons. The van der Waals surface area contributed by atoms with Crippen LogP contribution in [0.5, 0.6) is 5.75 Å². The van der Waals surface area contributed by atoms with E-state index in [9.17, 15) is 4.79 Å². The number of hydrogen-bond acceptors (Lipinski definition) is 5. The van der Waals surface area contributed by atoms with Gasteiger partial charge in [0.1, 0.15) is 5.75 Å². The number of ether oxygens (including phenoxy) is 1. The lowest BCUT2D eigenvalue weighted by molar-refractivity contribution is 0.0698. The van der Waals surface area contributed by atoms with Crippen molar-refractivity contribution in [3.63, 3.8) is 0 Å². The Hall–Kier alpha value is -2.86. The van der Waals surface area contributed by atoms with Crippen molar-refractivity contribution in [3.05, 3.63) is 76.2 Å². The first-order valence-electron chi connectivity index (χ1n) is 7.18. The molecule has 0 aliphatic rings. The fourth-order valence-electron chi connectivity index (χ4n) is 1.97. The molecule has 24 heavy (non-hydrogen) atoms. The highest BCUT2D eigenvalue weighted by atomic mass is 32.1. The van der Waals surface area contributed by atoms with Crippen molar-refractivity contribution in [2.75, 3.05) is 12.8 Å². The summed E-state index contributed by atoms with van der Waals surface area (Å²) in [5.41, 5.74) is 8.94. The zero-order chi connectivity index (χ0) is 17.4. The van der Waals surface area contributed by atoms with Gasteiger partial charge in [-0.15, -0.1) is 11.3 Å². The molecular weight excluding hydrogens is 324 g/mol. The minimum absolute atomic E-state index is 0.155. The van der Waals surface area contributed by atoms with E-state index in [1.165, 1.54) is 16.5 Å². The minimum atomic E-state index is -0.988. The highest BCUT2D eigenvalue weighted by Crippen LogP contribution is 2.16. The van der Waals surface area contributed by atoms with E-state index >= 15 is 0 Å². The third-order valence-electron chi connectivity index (χ3n) is 3.21. The summed E-state index contributed by atoms with van der Waals surface area (Å²) in [6, 6.07) is 14.5. The van der Waals surface area contributed by atoms with Crippen LogP contribution in [0.2, 0.25) is 0 Å². The van der Waals surface area contributed by atoms with Gasteiger partial charge in [-0.05, 0) is 29.8 Å². The number of aromatic carboxylic acids is 1. The Kier molecular flexibility index (Phi) is 6.33. The Morgan fingerprint density at radius 3 is 2.42 bits per heavy atom. The molecule has 3 rings (SSSR count). The van der Waals surface area contributed by atoms with Crippen LogP contribution in [-0.4, -0.2) is 23.2 Å². The van der Waals surface area contributed by atoms with Gasteiger partial charge in [0.15, 0.2) is 0 Å². The first-order chi connectivity index (χ1) is 11.6. The van der Waals surface area contributed by atoms with E-state index in [4.69, 9.17) is 15.6 Å². The third kappa shape index (κ3) is 5.10. The van der Waals surface area contributed by atoms with E-state index < -0.39 is 5.97 Å². The summed E-state index contributed by atoms with van der Waals surface area (Å²) in [5, 5.41) is 8.49. The molecule has 0 saturated carbocycles. The maximum absolute atomic E-state index is 10.3. The molecule has 6 heteroatoms. The average molecular weight is 342 g/mol. The molecule has 0 bridgehead atoms. The van der Waals surface area contributed by atoms with Crippen LogP contribution < -0.4 is 10.5 Å². The molecular formula is C18H18N2O3S. The van der Waals surface area contributed by atoms with E-state index in [-0.39, 0.29) is 5.56 Å². The lowest BCUT2D eigenvalue weighted by Crippen LogP contribution is -2.00. The number of rotatable bonds is 4. The smallest absolute Gasteiger partial charge is 0.337 e. The lowest BCUT2D eigenvalue weighted by Gasteiger charge is -2.01. The van der Waals surface area contributed by atoms with Gasteiger partial charge in [0, 0.05) is 23.2 Å². The number of carboxylic acids is 1. The maximum Gasteiger partial charge on any atom is 0.337 e. The van der Waals surface area contributed by atoms with E-state index in [0.717, 1.165) is 12.2 Å². The summed E-state index contributed by atoms with van der Waals surface area (Å²) in [6.45, 7) is 0. The van der Waals surface area contributed by atoms with Crippen molar-refractivity contribution < 1.29 is 14.6 Å². The number of para-hydroxylation sites is 1. The number of nitrogens with two attached hydrogens (primary N) is 1. The highest BCUT2D eigenvalue weighted by Gasteiger charge is 2.03. The summed E-state index contributed by atoms with van der Waals surface area (Å²) in [5.74, 6) is -0.0869. The Morgan fingerprint density at radius 2 is 1.92 bits per heavy atom. The molecule has 1 heterocycles. The maximum atomic E-state index is 10.3. The van der Waals surface area contributed by atoms with E-state index in [2.05, 4.69) is 17.1 Å². The SMILES string of the molecule is COc1ccc(Cc2cncs2)cc1.Nc1ccccc1C(=O)O. The van der Waals surface area contributed by atoms with Crippen LogP contribution in [0.25, 0.3) is 0 Å². The van der Waals surface area contributed by atoms with Crippen molar-refractivity contribution in [2.45, 2.75) is 6.42 Å². The van der Waals surface area contributed by atoms with Crippen LogP contribution in [0.1, 0.15) is 20.8 Å². The van der Waals surface area contributed by atoms with Gasteiger partial charge in [0.05, 0.1) is 18.2 Å². The largest absolute Gasteiger partial charge is 0.497 e. The van der Waals surface area contributed by atoms with Crippen molar-refractivity contribution in [2.24, 2.45) is 0 Å². The molecule has 0 amide bonds. The molecule has 0 spiro atoms. The predicted octanol–water partition coefficient (Wildman–Crippen LogP) is 3.71. The van der Waals surface area contributed by atoms with Crippen molar-refractivity contribution >= 4 is 23.0 Å². The molecule has 3 N–H and O–H groups in total. The molecule has 0 saturated heterocycles. The number of carbonyl (C=O) groups is 1. The molecule has 0 fully saturated rings. The quantitative estimate of drug-likeness (QED) is 0.706. The molecule has 2 aromatic carbocycles. The second-order valence-electron chi connectivity index (χ2n) is 4.88. The van der Waals surface area contributed by atoms with Crippen LogP contribution in [0.3, 0.4) is 0 Å². The second-order valence-corrected chi connectivity index (χ2v) is 5.86. The number of hydrogen-bond donors (Lipinski definition) is 2. The molecule has 0 atom stereocenters. The molecule has 0 unspecified atom stereocenters. The number of thiazole rings is 1. The van der Waals surface area contributed by atoms with Gasteiger partial charge in [0.25, 0.3) is 0 Å². The summed E-state index contributed by atoms with van der Waals surface area (Å²) < 4.78 is 5.09. The number of benzene rings is 2. The standard InChI is InChI=1S/C11H11NOS.C7H7NO2/c1-13-10-4-2-9(3-5-10)6-11-7-12-8-14-11;8-6-4-2-1-3-5(6)7(9)10/h2-5,7-8H,6H2,1H3;1-4H,8H2,(H,9,10). The Bertz CT molecular complexity index is 771. The highest BCUT2D eigenvalue weighted by molar-refractivity contribution is 7.09. The van der Waals surface area contributed by atoms with Gasteiger partial charge in [-0.1, -0.05) is 24.3 Å². The van der Waals surface area contributed by atoms with Crippen molar-refractivity contribution in [1.82, 2.24) is 4.98 Å². The number of methoxy groups -OCH3 is 1. The van der Waals surface area contributed by atoms with Crippen molar-refractivity contribution in [1.29, 1.82) is 0 Å². The van der Waals surface area contributed by atoms with Gasteiger partial charge in [-0.3, -0.25) is 4.98 Å². The van der Waals surface area contributed by atoms with Crippen LogP contribution >= 0.6 is 11.3 Å². The lowest BCUT2D eigenvalue weighted by atomic mass is 10.1. The van der Waals surface area contributed by atoms with Gasteiger partial charge < -0.3 is 15.6 Å². The topological polar surface area (TPSA) is 85.4 Å². The third-order valence-corrected chi connectivity index (χ3v) is 3.99. The zero-order valence-corrected chi connectivity index (χ0v) is 14.0. The normalized spacial score (nSPS) is 9.71. The van der Waals surface area contributed by atoms with Gasteiger partial charge in [-0.25, -0.2) is 4.79 Å². The zero-order valence-electron chi connectivity index (χ0n) is 13.2. The van der Waals surface area contributed by atoms with Crippen LogP contribution in [0, 0.1) is 0 Å². The fourth-order valence-corrected chi connectivity index (χ4v) is 2.59. The molecule has 3 aromatic rings. The van der Waals surface area contributed by atoms with Crippen LogP contribution in [-0.2, 0) is 6.42 Å². The van der Waals surface area contributed by atoms with Gasteiger partial charge in [-0.2, -0.15) is 0 Å². The first-order valence-corrected chi connectivity index (χ1v) is 8.06. The Labute approximate surface area is 144 Å². The molecule has 0 aliphatic carbocycles. The molecule has 0 aliphatic heterocycles. The fraction of sp³-hybridized carbons (Fsp3) is 0.111. The Morgan fingerprint density at radius 1 is 1.21 bits per heavy atom. The monoisotopic (exact) mass is 342 g/mol. The van der Waals surface area contributed by atoms with Gasteiger partial charge >= 0.3 is 5.97 Å². The molecule has 124 valence electrons. The summed E-state index contributed by atoms with van der Waals surface area (Å²) in [4.78, 5) is 15.7. The van der Waals surface area contributed by atoms with Crippen molar-refractivity contribution in [3.8, 4) is 5.75 Å². The second kappa shape index (κ2) is 8.69. The molecule has 1 aromatic heterocycles.